The molecule has 5 aromatic rings. The predicted octanol–water partition coefficient (Wildman–Crippen LogP) is -3.22. The van der Waals surface area contributed by atoms with Crippen LogP contribution in [0.4, 0.5) is 0 Å². The maximum absolute atomic E-state index is 15.1. The van der Waals surface area contributed by atoms with Crippen molar-refractivity contribution in [3.8, 4) is 11.5 Å². The first-order chi connectivity index (χ1) is 62.7. The van der Waals surface area contributed by atoms with E-state index in [-0.39, 0.29) is 121 Å². The number of nitrogens with two attached hydrogens (primary N) is 6. The van der Waals surface area contributed by atoms with Crippen molar-refractivity contribution in [1.29, 1.82) is 16.2 Å². The van der Waals surface area contributed by atoms with Crippen molar-refractivity contribution in [2.24, 2.45) is 75.8 Å². The van der Waals surface area contributed by atoms with Crippen LogP contribution in [-0.4, -0.2) is 219 Å². The van der Waals surface area contributed by atoms with Crippen LogP contribution in [0.25, 0.3) is 0 Å². The van der Waals surface area contributed by atoms with Gasteiger partial charge in [-0.15, -0.1) is 0 Å². The number of esters is 2. The number of amides is 13. The molecule has 716 valence electrons. The van der Waals surface area contributed by atoms with Crippen molar-refractivity contribution in [2.75, 3.05) is 19.6 Å². The molecule has 44 nitrogen and oxygen atoms in total. The van der Waals surface area contributed by atoms with Crippen molar-refractivity contribution < 1.29 is 91.6 Å². The SMILES string of the molecule is CC[C@H](C)[C@H](NC(=O)[C@H](CC(C)C)NC(=O)[C@H](CC(N)=O)NC(=O)[C@@H](NC(=O)[C@H](Cc1ccc(O)cc1)NC(=O)[C@H](Cc1c[nH]cn1)NC(=O)[C@@H](N)CCCNC(=N)N)[C@@H](C)CC)C(=O)N[C@@H]1[C@@H](C(=O)N[C@@H](CCCNC(=N)N)C(=O)N[C@H]2[C@H](C(=O)N[C@@H](CCCNC(=N)N)C(=O)N[C@@H](Cc3ccc(O)cc3)C(N)=O)[C@H]2C(=O)OCc2ccccc2)[C@@H]1C(=O)OCc1ccccc1. The number of nitrogens with one attached hydrogen (secondary N) is 18. The standard InChI is InChI=1S/C88H125N25O19/c1-7-46(5)68(110-79(124)60(38-49-27-31-54(115)32-28-49)108-76(121)61(39-52-41-98-44-102-52)106-73(118)55(89)22-15-33-99-86(92)93)82(127)109-62(40-63(90)116)77(122)107-59(36-45(3)4)78(123)111-69(47(6)8-2)83(128)113-71-65(67(71)85(130)132-43-51-20-13-10-14-21-51)81(126)104-57(24-17-35-101-88(96)97)75(120)112-70-64(66(70)84(129)131-42-50-18-11-9-12-19-50)80(125)103-56(23-16-34-100-87(94)95)74(119)105-58(72(91)117)37-48-25-29-53(114)30-26-48/h9-14,18-21,25-32,41,44-47,55-62,64-71,114-115H,7-8,15-17,22-24,33-40,42-43,89H2,1-6H3,(H2,90,116)(H2,91,117)(H,98,102)(H,103,125)(H,104,126)(H,105,119)(H,106,118)(H,107,122)(H,108,121)(H,109,127)(H,110,124)(H,111,123)(H,112,120)(H,113,128)(H4,92,93,99)(H4,94,95,100)(H4,96,97,101)/t46-,47-,55-,56-,57-,58-,59-,60-,61-,62-,64+,65-,66+,67-,68-,69-,70-,71+/m0/s1. The normalized spacial score (nSPS) is 17.9. The molecule has 32 N–H and O–H groups in total. The summed E-state index contributed by atoms with van der Waals surface area (Å²) in [7, 11) is 0. The fraction of sp³-hybridized carbons (Fsp3) is 0.489. The average molecular weight is 1840 g/mol. The minimum atomic E-state index is -1.84. The van der Waals surface area contributed by atoms with E-state index >= 15 is 14.4 Å². The summed E-state index contributed by atoms with van der Waals surface area (Å²) in [6, 6.07) is 10.5. The number of ether oxygens (including phenoxy) is 2. The fourth-order valence-corrected chi connectivity index (χ4v) is 14.6. The van der Waals surface area contributed by atoms with Gasteiger partial charge in [0.05, 0.1) is 60.2 Å². The van der Waals surface area contributed by atoms with E-state index in [0.29, 0.717) is 34.4 Å². The number of nitrogens with zero attached hydrogens (tertiary/aromatic N) is 1. The third-order valence-electron chi connectivity index (χ3n) is 22.4. The Hall–Kier alpha value is -14.5. The molecule has 0 radical (unpaired) electrons. The minimum Gasteiger partial charge on any atom is -0.508 e. The van der Waals surface area contributed by atoms with Crippen molar-refractivity contribution in [3.63, 3.8) is 0 Å². The monoisotopic (exact) mass is 1840 g/mol. The molecule has 44 heteroatoms. The zero-order valence-electron chi connectivity index (χ0n) is 74.5. The zero-order chi connectivity index (χ0) is 97.0. The molecule has 2 saturated carbocycles. The Morgan fingerprint density at radius 2 is 0.811 bits per heavy atom. The number of carbonyl (C=O) groups is 15. The van der Waals surface area contributed by atoms with Gasteiger partial charge in [-0.2, -0.15) is 0 Å². The Morgan fingerprint density at radius 1 is 0.424 bits per heavy atom. The molecule has 2 fully saturated rings. The van der Waals surface area contributed by atoms with Gasteiger partial charge in [0.25, 0.3) is 0 Å². The summed E-state index contributed by atoms with van der Waals surface area (Å²) in [5, 5.41) is 79.9. The number of phenols is 2. The van der Waals surface area contributed by atoms with E-state index in [1.807, 2.05) is 0 Å². The number of hydrogen-bond acceptors (Lipinski definition) is 24. The third-order valence-corrected chi connectivity index (χ3v) is 22.4. The molecule has 0 spiro atoms. The summed E-state index contributed by atoms with van der Waals surface area (Å²) >= 11 is 0. The smallest absolute Gasteiger partial charge is 0.312 e. The lowest BCUT2D eigenvalue weighted by atomic mass is 9.96. The first-order valence-electron chi connectivity index (χ1n) is 43.6. The molecule has 18 atom stereocenters. The molecule has 2 aliphatic carbocycles. The van der Waals surface area contributed by atoms with Crippen LogP contribution in [0.3, 0.4) is 0 Å². The number of primary amides is 2. The van der Waals surface area contributed by atoms with E-state index in [1.54, 1.807) is 102 Å². The van der Waals surface area contributed by atoms with E-state index < -0.39 is 221 Å². The summed E-state index contributed by atoms with van der Waals surface area (Å²) < 4.78 is 11.5. The van der Waals surface area contributed by atoms with Gasteiger partial charge < -0.3 is 134 Å². The number of imidazole rings is 1. The molecule has 1 aromatic heterocycles. The molecule has 4 aromatic carbocycles. The van der Waals surface area contributed by atoms with Gasteiger partial charge in [0, 0.05) is 45.1 Å². The number of benzene rings is 4. The summed E-state index contributed by atoms with van der Waals surface area (Å²) in [4.78, 5) is 223. The Morgan fingerprint density at radius 3 is 1.25 bits per heavy atom. The maximum atomic E-state index is 15.1. The van der Waals surface area contributed by atoms with Gasteiger partial charge in [0.1, 0.15) is 79.1 Å². The van der Waals surface area contributed by atoms with Crippen LogP contribution in [0, 0.1) is 57.7 Å². The Labute approximate surface area is 762 Å². The average Bonchev–Trinajstić information content (AvgIpc) is 1.59. The highest BCUT2D eigenvalue weighted by Crippen LogP contribution is 2.43. The molecular weight excluding hydrogens is 1710 g/mol. The van der Waals surface area contributed by atoms with Crippen molar-refractivity contribution >= 4 is 107 Å². The molecule has 7 rings (SSSR count). The molecule has 132 heavy (non-hydrogen) atoms. The highest BCUT2D eigenvalue weighted by atomic mass is 16.5. The van der Waals surface area contributed by atoms with Gasteiger partial charge in [-0.1, -0.05) is 139 Å². The largest absolute Gasteiger partial charge is 0.508 e. The number of aromatic amines is 1. The topological polar surface area (TPSA) is 740 Å². The molecule has 13 amide bonds. The Bertz CT molecular complexity index is 4800. The molecule has 2 aliphatic rings. The second-order valence-electron chi connectivity index (χ2n) is 33.3. The van der Waals surface area contributed by atoms with Crippen LogP contribution in [0.5, 0.6) is 11.5 Å². The van der Waals surface area contributed by atoms with Crippen LogP contribution in [0.15, 0.2) is 122 Å². The Kier molecular flexibility index (Phi) is 40.9. The molecule has 0 unspecified atom stereocenters. The Balaban J connectivity index is 1.12. The van der Waals surface area contributed by atoms with E-state index in [1.165, 1.54) is 61.1 Å². The maximum Gasteiger partial charge on any atom is 0.312 e. The van der Waals surface area contributed by atoms with Crippen LogP contribution in [-0.2, 0) is 114 Å². The first-order valence-corrected chi connectivity index (χ1v) is 43.6. The van der Waals surface area contributed by atoms with Gasteiger partial charge in [0.2, 0.25) is 76.8 Å². The number of aromatic nitrogens is 2. The van der Waals surface area contributed by atoms with Crippen LogP contribution >= 0.6 is 0 Å². The number of rotatable bonds is 55. The summed E-state index contributed by atoms with van der Waals surface area (Å²) in [6.07, 6.45) is 1.77. The van der Waals surface area contributed by atoms with Crippen molar-refractivity contribution in [2.45, 2.75) is 211 Å². The van der Waals surface area contributed by atoms with Gasteiger partial charge in [-0.25, -0.2) is 4.98 Å². The summed E-state index contributed by atoms with van der Waals surface area (Å²) in [6.45, 7) is 9.65. The van der Waals surface area contributed by atoms with Crippen molar-refractivity contribution in [1.82, 2.24) is 84.4 Å². The summed E-state index contributed by atoms with van der Waals surface area (Å²) in [5.74, 6) is -23.6. The lowest BCUT2D eigenvalue weighted by Crippen LogP contribution is -2.62. The number of H-pyrrole nitrogens is 1. The van der Waals surface area contributed by atoms with Crippen LogP contribution < -0.4 is 109 Å². The number of hydrogen-bond donors (Lipinski definition) is 26. The second kappa shape index (κ2) is 51.6. The zero-order valence-corrected chi connectivity index (χ0v) is 74.5. The number of guanidine groups is 3. The van der Waals surface area contributed by atoms with Gasteiger partial charge in [-0.3, -0.25) is 88.1 Å². The van der Waals surface area contributed by atoms with E-state index in [2.05, 4.69) is 84.4 Å². The van der Waals surface area contributed by atoms with Gasteiger partial charge in [-0.05, 0) is 109 Å². The number of phenolic OH excluding ortho intramolecular Hbond substituents is 2. The predicted molar refractivity (Wildman–Crippen MR) is 480 cm³/mol. The second-order valence-corrected chi connectivity index (χ2v) is 33.3. The molecule has 0 saturated heterocycles. The van der Waals surface area contributed by atoms with Gasteiger partial charge >= 0.3 is 11.9 Å². The minimum absolute atomic E-state index is 0.00365. The number of carbonyl (C=O) groups excluding carboxylic acids is 15. The van der Waals surface area contributed by atoms with E-state index in [0.717, 1.165) is 0 Å². The molecular formula is C88H125N25O19. The van der Waals surface area contributed by atoms with E-state index in [9.17, 15) is 67.7 Å². The number of aromatic hydroxyl groups is 2. The summed E-state index contributed by atoms with van der Waals surface area (Å²) in [5.41, 5.74) is 36.6. The molecule has 0 aliphatic heterocycles. The lowest BCUT2D eigenvalue weighted by molar-refractivity contribution is -0.148. The van der Waals surface area contributed by atoms with Crippen molar-refractivity contribution in [3.05, 3.63) is 150 Å². The van der Waals surface area contributed by atoms with Crippen LogP contribution in [0.2, 0.25) is 0 Å². The highest BCUT2D eigenvalue weighted by Gasteiger charge is 2.63. The quantitative estimate of drug-likeness (QED) is 0.00788. The van der Waals surface area contributed by atoms with E-state index in [4.69, 9.17) is 60.1 Å². The highest BCUT2D eigenvalue weighted by molar-refractivity contribution is 6.02. The van der Waals surface area contributed by atoms with Gasteiger partial charge in [0.15, 0.2) is 17.9 Å². The third kappa shape index (κ3) is 33.9. The molecule has 1 heterocycles. The van der Waals surface area contributed by atoms with Crippen LogP contribution in [0.1, 0.15) is 134 Å². The lowest BCUT2D eigenvalue weighted by Gasteiger charge is -2.30. The first kappa shape index (κ1) is 105. The molecule has 0 bridgehead atoms. The fourth-order valence-electron chi connectivity index (χ4n) is 14.6.